The summed E-state index contributed by atoms with van der Waals surface area (Å²) in [4.78, 5) is 0.0592. The van der Waals surface area contributed by atoms with E-state index >= 15 is 0 Å². The zero-order valence-electron chi connectivity index (χ0n) is 11.8. The molecule has 0 saturated heterocycles. The second-order valence-electron chi connectivity index (χ2n) is 4.53. The Labute approximate surface area is 172 Å². The van der Waals surface area contributed by atoms with Gasteiger partial charge in [0.2, 0.25) is 9.84 Å². The second-order valence-corrected chi connectivity index (χ2v) is 9.89. The van der Waals surface area contributed by atoms with Gasteiger partial charge in [-0.1, -0.05) is 0 Å². The first-order valence-electron chi connectivity index (χ1n) is 6.34. The molecule has 24 heavy (non-hydrogen) atoms. The van der Waals surface area contributed by atoms with Crippen molar-refractivity contribution in [2.24, 2.45) is 0 Å². The van der Waals surface area contributed by atoms with Crippen LogP contribution in [0.15, 0.2) is 51.9 Å². The lowest BCUT2D eigenvalue weighted by molar-refractivity contribution is 0.200. The van der Waals surface area contributed by atoms with Gasteiger partial charge in [0.15, 0.2) is 0 Å². The van der Waals surface area contributed by atoms with E-state index in [0.29, 0.717) is 14.7 Å². The fourth-order valence-electron chi connectivity index (χ4n) is 1.81. The zero-order valence-corrected chi connectivity index (χ0v) is 18.9. The van der Waals surface area contributed by atoms with Crippen LogP contribution in [0.1, 0.15) is 0 Å². The SMILES string of the molecule is O=S(=O)(c1cc(Br)c(O)c(Br)c1)c1cc(Br)c(OCCO)c(Br)c1. The first kappa shape index (κ1) is 20.2. The monoisotopic (exact) mass is 606 g/mol. The first-order chi connectivity index (χ1) is 11.2. The fourth-order valence-corrected chi connectivity index (χ4v) is 6.38. The van der Waals surface area contributed by atoms with Gasteiger partial charge in [-0.15, -0.1) is 0 Å². The molecule has 0 aromatic heterocycles. The number of halogens is 4. The number of hydrogen-bond acceptors (Lipinski definition) is 5. The Balaban J connectivity index is 2.54. The molecule has 2 aromatic carbocycles. The van der Waals surface area contributed by atoms with Gasteiger partial charge in [0.05, 0.1) is 34.3 Å². The molecule has 0 aliphatic heterocycles. The number of rotatable bonds is 5. The number of phenols is 1. The number of aliphatic hydroxyl groups is 1. The first-order valence-corrected chi connectivity index (χ1v) is 11.0. The quantitative estimate of drug-likeness (QED) is 0.516. The van der Waals surface area contributed by atoms with Crippen LogP contribution in [0.25, 0.3) is 0 Å². The lowest BCUT2D eigenvalue weighted by atomic mass is 10.3. The number of aromatic hydroxyl groups is 1. The molecule has 0 saturated carbocycles. The topological polar surface area (TPSA) is 83.8 Å². The summed E-state index contributed by atoms with van der Waals surface area (Å²) < 4.78 is 32.4. The van der Waals surface area contributed by atoms with Crippen molar-refractivity contribution in [1.29, 1.82) is 0 Å². The van der Waals surface area contributed by atoms with Crippen molar-refractivity contribution < 1.29 is 23.4 Å². The van der Waals surface area contributed by atoms with Gasteiger partial charge in [0, 0.05) is 0 Å². The highest BCUT2D eigenvalue weighted by Crippen LogP contribution is 2.40. The Kier molecular flexibility index (Phi) is 6.77. The standard InChI is InChI=1S/C14H10Br4O5S/c15-9-3-7(4-10(16)13(9)20)24(21,22)8-5-11(17)14(12(18)6-8)23-2-1-19/h3-6,19-20H,1-2H2. The Morgan fingerprint density at radius 1 is 0.875 bits per heavy atom. The lowest BCUT2D eigenvalue weighted by Gasteiger charge is -2.13. The van der Waals surface area contributed by atoms with E-state index < -0.39 is 9.84 Å². The molecule has 5 nitrogen and oxygen atoms in total. The maximum Gasteiger partial charge on any atom is 0.206 e. The number of ether oxygens (including phenoxy) is 1. The average molecular weight is 610 g/mol. The smallest absolute Gasteiger partial charge is 0.206 e. The maximum atomic E-state index is 12.8. The van der Waals surface area contributed by atoms with E-state index in [2.05, 4.69) is 63.7 Å². The number of hydrogen-bond donors (Lipinski definition) is 2. The predicted octanol–water partition coefficient (Wildman–Crippen LogP) is 4.65. The molecule has 0 unspecified atom stereocenters. The van der Waals surface area contributed by atoms with Crippen LogP contribution >= 0.6 is 63.7 Å². The molecule has 0 aliphatic rings. The van der Waals surface area contributed by atoms with Crippen LogP contribution in [0.5, 0.6) is 11.5 Å². The van der Waals surface area contributed by atoms with Crippen molar-refractivity contribution in [2.75, 3.05) is 13.2 Å². The molecular weight excluding hydrogens is 600 g/mol. The van der Waals surface area contributed by atoms with Crippen LogP contribution in [0, 0.1) is 0 Å². The maximum absolute atomic E-state index is 12.8. The molecule has 0 fully saturated rings. The van der Waals surface area contributed by atoms with E-state index in [1.54, 1.807) is 0 Å². The number of benzene rings is 2. The van der Waals surface area contributed by atoms with E-state index in [0.717, 1.165) is 0 Å². The van der Waals surface area contributed by atoms with Crippen LogP contribution < -0.4 is 4.74 Å². The van der Waals surface area contributed by atoms with Gasteiger partial charge in [-0.3, -0.25) is 0 Å². The van der Waals surface area contributed by atoms with E-state index in [-0.39, 0.29) is 37.7 Å². The van der Waals surface area contributed by atoms with Gasteiger partial charge in [0.25, 0.3) is 0 Å². The van der Waals surface area contributed by atoms with Gasteiger partial charge in [-0.05, 0) is 88.0 Å². The predicted molar refractivity (Wildman–Crippen MR) is 103 cm³/mol. The minimum atomic E-state index is -3.82. The van der Waals surface area contributed by atoms with Crippen LogP contribution in [-0.4, -0.2) is 31.8 Å². The molecular formula is C14H10Br4O5S. The van der Waals surface area contributed by atoms with E-state index in [1.807, 2.05) is 0 Å². The van der Waals surface area contributed by atoms with Crippen LogP contribution in [-0.2, 0) is 9.84 Å². The Bertz CT molecular complexity index is 837. The van der Waals surface area contributed by atoms with E-state index in [9.17, 15) is 13.5 Å². The number of sulfone groups is 1. The molecule has 0 amide bonds. The molecule has 0 spiro atoms. The van der Waals surface area contributed by atoms with E-state index in [4.69, 9.17) is 9.84 Å². The molecule has 2 rings (SSSR count). The fraction of sp³-hybridized carbons (Fsp3) is 0.143. The molecule has 0 radical (unpaired) electrons. The van der Waals surface area contributed by atoms with Crippen molar-refractivity contribution in [3.05, 3.63) is 42.2 Å². The van der Waals surface area contributed by atoms with Crippen molar-refractivity contribution in [3.8, 4) is 11.5 Å². The number of aliphatic hydroxyl groups excluding tert-OH is 1. The van der Waals surface area contributed by atoms with Gasteiger partial charge in [-0.2, -0.15) is 0 Å². The van der Waals surface area contributed by atoms with Crippen LogP contribution in [0.2, 0.25) is 0 Å². The summed E-state index contributed by atoms with van der Waals surface area (Å²) in [5, 5.41) is 18.6. The van der Waals surface area contributed by atoms with Gasteiger partial charge < -0.3 is 14.9 Å². The molecule has 0 bridgehead atoms. The van der Waals surface area contributed by atoms with Crippen molar-refractivity contribution >= 4 is 73.6 Å². The molecule has 2 aromatic rings. The Morgan fingerprint density at radius 3 is 1.71 bits per heavy atom. The zero-order chi connectivity index (χ0) is 18.1. The highest BCUT2D eigenvalue weighted by Gasteiger charge is 2.23. The van der Waals surface area contributed by atoms with Gasteiger partial charge >= 0.3 is 0 Å². The van der Waals surface area contributed by atoms with Crippen LogP contribution in [0.3, 0.4) is 0 Å². The second kappa shape index (κ2) is 8.05. The normalized spacial score (nSPS) is 11.5. The Hall–Kier alpha value is -0.130. The highest BCUT2D eigenvalue weighted by atomic mass is 79.9. The third-order valence-corrected chi connectivity index (χ3v) is 7.02. The largest absolute Gasteiger partial charge is 0.506 e. The minimum absolute atomic E-state index is 0.0156. The van der Waals surface area contributed by atoms with Crippen molar-refractivity contribution in [1.82, 2.24) is 0 Å². The summed E-state index contributed by atoms with van der Waals surface area (Å²) >= 11 is 12.8. The summed E-state index contributed by atoms with van der Waals surface area (Å²) in [6.45, 7) is -0.0738. The minimum Gasteiger partial charge on any atom is -0.506 e. The summed E-state index contributed by atoms with van der Waals surface area (Å²) in [5.74, 6) is 0.320. The molecule has 130 valence electrons. The third-order valence-electron chi connectivity index (χ3n) is 2.92. The molecule has 0 heterocycles. The summed E-state index contributed by atoms with van der Waals surface area (Å²) in [7, 11) is -3.82. The molecule has 0 atom stereocenters. The summed E-state index contributed by atoms with van der Waals surface area (Å²) in [6.07, 6.45) is 0. The van der Waals surface area contributed by atoms with Gasteiger partial charge in [0.1, 0.15) is 18.1 Å². The molecule has 0 aliphatic carbocycles. The van der Waals surface area contributed by atoms with Crippen LogP contribution in [0.4, 0.5) is 0 Å². The molecule has 10 heteroatoms. The lowest BCUT2D eigenvalue weighted by Crippen LogP contribution is -2.06. The molecule has 2 N–H and O–H groups in total. The van der Waals surface area contributed by atoms with Crippen molar-refractivity contribution in [3.63, 3.8) is 0 Å². The van der Waals surface area contributed by atoms with Crippen molar-refractivity contribution in [2.45, 2.75) is 9.79 Å². The summed E-state index contributed by atoms with van der Waals surface area (Å²) in [5.41, 5.74) is 0. The Morgan fingerprint density at radius 2 is 1.29 bits per heavy atom. The van der Waals surface area contributed by atoms with Gasteiger partial charge in [-0.25, -0.2) is 8.42 Å². The number of phenolic OH excluding ortho intramolecular Hbond substituents is 1. The van der Waals surface area contributed by atoms with E-state index in [1.165, 1.54) is 24.3 Å². The average Bonchev–Trinajstić information content (AvgIpc) is 2.51. The third kappa shape index (κ3) is 4.16. The summed E-state index contributed by atoms with van der Waals surface area (Å²) in [6, 6.07) is 5.49. The highest BCUT2D eigenvalue weighted by molar-refractivity contribution is 9.11.